The number of alkyl halides is 7. The van der Waals surface area contributed by atoms with Crippen LogP contribution in [0.2, 0.25) is 0 Å². The molecule has 6 heterocycles. The van der Waals surface area contributed by atoms with Crippen LogP contribution in [0, 0.1) is 5.82 Å². The first-order chi connectivity index (χ1) is 22.7. The molecule has 4 aliphatic rings. The first kappa shape index (κ1) is 31.7. The zero-order valence-electron chi connectivity index (χ0n) is 25.2. The first-order valence-corrected chi connectivity index (χ1v) is 16.4. The van der Waals surface area contributed by atoms with Gasteiger partial charge in [0.15, 0.2) is 5.13 Å². The number of benzene rings is 2. The number of piperazine rings is 1. The van der Waals surface area contributed by atoms with Gasteiger partial charge in [-0.25, -0.2) is 13.8 Å². The van der Waals surface area contributed by atoms with Crippen LogP contribution in [0.1, 0.15) is 43.2 Å². The van der Waals surface area contributed by atoms with Gasteiger partial charge in [-0.15, -0.1) is 0 Å². The van der Waals surface area contributed by atoms with Crippen molar-refractivity contribution in [1.82, 2.24) is 25.2 Å². The van der Waals surface area contributed by atoms with E-state index in [0.29, 0.717) is 43.5 Å². The fourth-order valence-electron chi connectivity index (χ4n) is 8.13. The standard InChI is InChI=1S/C31H29F8N7OS/c32-14-9-29(6-1-7-46(29)10-14)13-47-28-43-23-18(26(44-28)45-11-15-2-3-16(12-45)41-15)8-19(30(34,35)36)21(22(23)31(37,38)39)17-4-5-20(33)25-24(17)42-27(40)48-25/h4-5,8,14-16,41H,1-3,6-7,9-13H2,(H2,40,42)/t14-,15?,16?,29+/m1/s1. The summed E-state index contributed by atoms with van der Waals surface area (Å²) >= 11 is 0.614. The van der Waals surface area contributed by atoms with Gasteiger partial charge in [0.2, 0.25) is 0 Å². The Morgan fingerprint density at radius 1 is 1.00 bits per heavy atom. The Bertz CT molecular complexity index is 1920. The normalized spacial score (nSPS) is 26.2. The molecule has 17 heteroatoms. The number of fused-ring (bicyclic) bond motifs is 5. The van der Waals surface area contributed by atoms with Crippen molar-refractivity contribution in [2.75, 3.05) is 43.4 Å². The number of nitrogens with one attached hydrogen (secondary N) is 1. The number of nitrogens with two attached hydrogens (primary N) is 1. The van der Waals surface area contributed by atoms with Crippen LogP contribution in [-0.2, 0) is 12.4 Å². The molecule has 8 nitrogen and oxygen atoms in total. The number of halogens is 8. The predicted molar refractivity (Wildman–Crippen MR) is 163 cm³/mol. The number of nitrogen functional groups attached to an aromatic ring is 1. The molecule has 0 amide bonds. The van der Waals surface area contributed by atoms with Crippen molar-refractivity contribution in [2.45, 2.75) is 68.3 Å². The maximum Gasteiger partial charge on any atom is 0.419 e. The van der Waals surface area contributed by atoms with E-state index in [2.05, 4.69) is 20.3 Å². The lowest BCUT2D eigenvalue weighted by Gasteiger charge is -2.35. The quantitative estimate of drug-likeness (QED) is 0.227. The average Bonchev–Trinajstić information content (AvgIpc) is 3.75. The molecule has 4 fully saturated rings. The fourth-order valence-corrected chi connectivity index (χ4v) is 8.89. The molecule has 4 aliphatic heterocycles. The Morgan fingerprint density at radius 3 is 2.46 bits per heavy atom. The minimum atomic E-state index is -5.38. The molecule has 4 atom stereocenters. The summed E-state index contributed by atoms with van der Waals surface area (Å²) in [6.45, 7) is 1.35. The molecule has 2 aromatic heterocycles. The summed E-state index contributed by atoms with van der Waals surface area (Å²) in [7, 11) is 0. The van der Waals surface area contributed by atoms with Crippen LogP contribution < -0.4 is 20.7 Å². The summed E-state index contributed by atoms with van der Waals surface area (Å²) in [5.41, 5.74) is -1.28. The SMILES string of the molecule is Nc1nc2c(-c3c(C(F)(F)F)cc4c(N5CC6CCC(C5)N6)nc(OC[C@@]56CCCN5C[C@H](F)C6)nc4c3C(F)(F)F)ccc(F)c2s1. The highest BCUT2D eigenvalue weighted by Gasteiger charge is 2.50. The fraction of sp³-hybridized carbons (Fsp3) is 0.516. The third-order valence-corrected chi connectivity index (χ3v) is 11.0. The van der Waals surface area contributed by atoms with Crippen molar-refractivity contribution >= 4 is 43.4 Å². The molecule has 48 heavy (non-hydrogen) atoms. The maximum absolute atomic E-state index is 15.3. The summed E-state index contributed by atoms with van der Waals surface area (Å²) in [5, 5.41) is 2.73. The van der Waals surface area contributed by atoms with Gasteiger partial charge in [-0.2, -0.15) is 36.3 Å². The highest BCUT2D eigenvalue weighted by molar-refractivity contribution is 7.22. The van der Waals surface area contributed by atoms with Gasteiger partial charge in [-0.1, -0.05) is 11.3 Å². The highest BCUT2D eigenvalue weighted by atomic mass is 32.1. The Hall–Kier alpha value is -3.57. The molecule has 0 spiro atoms. The summed E-state index contributed by atoms with van der Waals surface area (Å²) in [6.07, 6.45) is -8.59. The van der Waals surface area contributed by atoms with Crippen molar-refractivity contribution in [3.8, 4) is 17.1 Å². The molecule has 3 N–H and O–H groups in total. The second-order valence-corrected chi connectivity index (χ2v) is 14.2. The van der Waals surface area contributed by atoms with Crippen LogP contribution in [-0.4, -0.2) is 76.4 Å². The summed E-state index contributed by atoms with van der Waals surface area (Å²) in [4.78, 5) is 16.2. The van der Waals surface area contributed by atoms with Crippen LogP contribution in [0.15, 0.2) is 18.2 Å². The van der Waals surface area contributed by atoms with Gasteiger partial charge in [-0.05, 0) is 50.4 Å². The third-order valence-electron chi connectivity index (χ3n) is 10.1. The number of anilines is 2. The van der Waals surface area contributed by atoms with E-state index in [0.717, 1.165) is 31.4 Å². The minimum absolute atomic E-state index is 0.0323. The molecule has 2 bridgehead atoms. The van der Waals surface area contributed by atoms with E-state index in [-0.39, 0.29) is 47.3 Å². The second kappa shape index (κ2) is 11.0. The average molecular weight is 700 g/mol. The summed E-state index contributed by atoms with van der Waals surface area (Å²) in [6, 6.07) is 1.76. The summed E-state index contributed by atoms with van der Waals surface area (Å²) in [5.74, 6) is -1.00. The second-order valence-electron chi connectivity index (χ2n) is 13.1. The zero-order valence-corrected chi connectivity index (χ0v) is 26.0. The molecule has 0 saturated carbocycles. The molecule has 4 saturated heterocycles. The Balaban J connectivity index is 1.39. The Morgan fingerprint density at radius 2 is 1.75 bits per heavy atom. The minimum Gasteiger partial charge on any atom is -0.461 e. The third kappa shape index (κ3) is 5.19. The van der Waals surface area contributed by atoms with Gasteiger partial charge in [-0.3, -0.25) is 4.90 Å². The van der Waals surface area contributed by atoms with E-state index in [4.69, 9.17) is 10.5 Å². The molecule has 256 valence electrons. The molecule has 0 radical (unpaired) electrons. The van der Waals surface area contributed by atoms with Gasteiger partial charge in [0.25, 0.3) is 0 Å². The van der Waals surface area contributed by atoms with Crippen LogP contribution in [0.3, 0.4) is 0 Å². The van der Waals surface area contributed by atoms with E-state index in [1.807, 2.05) is 4.90 Å². The number of nitrogens with zero attached hydrogens (tertiary/aromatic N) is 5. The molecule has 4 aromatic rings. The number of hydrogen-bond donors (Lipinski definition) is 2. The van der Waals surface area contributed by atoms with Crippen molar-refractivity contribution < 1.29 is 39.9 Å². The van der Waals surface area contributed by atoms with E-state index in [9.17, 15) is 22.0 Å². The largest absolute Gasteiger partial charge is 0.461 e. The van der Waals surface area contributed by atoms with E-state index < -0.39 is 74.6 Å². The van der Waals surface area contributed by atoms with Gasteiger partial charge < -0.3 is 20.7 Å². The molecular weight excluding hydrogens is 670 g/mol. The molecule has 2 aromatic carbocycles. The van der Waals surface area contributed by atoms with Crippen molar-refractivity contribution in [3.05, 3.63) is 35.1 Å². The monoisotopic (exact) mass is 699 g/mol. The number of rotatable bonds is 5. The van der Waals surface area contributed by atoms with Crippen LogP contribution in [0.4, 0.5) is 46.1 Å². The predicted octanol–water partition coefficient (Wildman–Crippen LogP) is 6.56. The number of aromatic nitrogens is 3. The topological polar surface area (TPSA) is 92.4 Å². The lowest BCUT2D eigenvalue weighted by molar-refractivity contribution is -0.141. The number of hydrogen-bond acceptors (Lipinski definition) is 9. The van der Waals surface area contributed by atoms with Crippen molar-refractivity contribution in [3.63, 3.8) is 0 Å². The van der Waals surface area contributed by atoms with E-state index in [1.54, 1.807) is 4.90 Å². The van der Waals surface area contributed by atoms with Gasteiger partial charge in [0.1, 0.15) is 24.4 Å². The molecular formula is C31H29F8N7OS. The zero-order chi connectivity index (χ0) is 33.7. The van der Waals surface area contributed by atoms with Gasteiger partial charge in [0.05, 0.1) is 32.4 Å². The van der Waals surface area contributed by atoms with Gasteiger partial charge in [0, 0.05) is 54.7 Å². The Kier molecular flexibility index (Phi) is 7.24. The number of thiazole rings is 1. The summed E-state index contributed by atoms with van der Waals surface area (Å²) < 4.78 is 126. The lowest BCUT2D eigenvalue weighted by Crippen LogP contribution is -2.51. The lowest BCUT2D eigenvalue weighted by atomic mass is 9.90. The van der Waals surface area contributed by atoms with Crippen LogP contribution >= 0.6 is 11.3 Å². The van der Waals surface area contributed by atoms with Crippen LogP contribution in [0.25, 0.3) is 32.2 Å². The Labute approximate surface area is 272 Å². The van der Waals surface area contributed by atoms with Gasteiger partial charge >= 0.3 is 18.4 Å². The van der Waals surface area contributed by atoms with Crippen molar-refractivity contribution in [1.29, 1.82) is 0 Å². The van der Waals surface area contributed by atoms with Crippen molar-refractivity contribution in [2.24, 2.45) is 0 Å². The van der Waals surface area contributed by atoms with E-state index in [1.165, 1.54) is 0 Å². The molecule has 0 aliphatic carbocycles. The maximum atomic E-state index is 15.3. The smallest absolute Gasteiger partial charge is 0.419 e. The molecule has 2 unspecified atom stereocenters. The number of ether oxygens (including phenoxy) is 1. The molecule has 8 rings (SSSR count). The van der Waals surface area contributed by atoms with E-state index >= 15 is 13.2 Å². The highest BCUT2D eigenvalue weighted by Crippen LogP contribution is 2.51. The van der Waals surface area contributed by atoms with Crippen LogP contribution in [0.5, 0.6) is 6.01 Å². The first-order valence-electron chi connectivity index (χ1n) is 15.6.